The van der Waals surface area contributed by atoms with Crippen molar-refractivity contribution < 1.29 is 18.7 Å². The highest BCUT2D eigenvalue weighted by atomic mass is 16.5. The Kier molecular flexibility index (Phi) is 5.59. The third-order valence-electron chi connectivity index (χ3n) is 3.07. The zero-order valence-electron chi connectivity index (χ0n) is 12.3. The van der Waals surface area contributed by atoms with E-state index in [1.165, 1.54) is 0 Å². The van der Waals surface area contributed by atoms with Crippen LogP contribution in [0.5, 0.6) is 5.75 Å². The molecule has 1 aromatic heterocycles. The predicted octanol–water partition coefficient (Wildman–Crippen LogP) is 1.26. The fourth-order valence-electron chi connectivity index (χ4n) is 1.88. The summed E-state index contributed by atoms with van der Waals surface area (Å²) in [6.07, 6.45) is 3.79. The number of carbonyl (C=O) groups excluding carboxylic acids is 2. The first-order chi connectivity index (χ1) is 10.7. The van der Waals surface area contributed by atoms with Crippen LogP contribution in [0, 0.1) is 0 Å². The molecule has 22 heavy (non-hydrogen) atoms. The maximum atomic E-state index is 11.7. The van der Waals surface area contributed by atoms with E-state index in [9.17, 15) is 9.59 Å². The molecule has 0 radical (unpaired) electrons. The molecule has 2 aromatic rings. The third-order valence-corrected chi connectivity index (χ3v) is 3.07. The van der Waals surface area contributed by atoms with Crippen LogP contribution < -0.4 is 15.4 Å². The molecule has 0 saturated carbocycles. The minimum absolute atomic E-state index is 0.269. The minimum atomic E-state index is -0.657. The number of ether oxygens (including phenoxy) is 1. The first-order valence-electron chi connectivity index (χ1n) is 6.89. The van der Waals surface area contributed by atoms with Crippen LogP contribution in [0.25, 0.3) is 0 Å². The molecule has 6 heteroatoms. The van der Waals surface area contributed by atoms with E-state index in [-0.39, 0.29) is 6.54 Å². The lowest BCUT2D eigenvalue weighted by Crippen LogP contribution is -2.40. The van der Waals surface area contributed by atoms with Crippen LogP contribution in [0.3, 0.4) is 0 Å². The van der Waals surface area contributed by atoms with Crippen molar-refractivity contribution in [3.8, 4) is 5.75 Å². The van der Waals surface area contributed by atoms with E-state index in [1.807, 2.05) is 24.3 Å². The highest BCUT2D eigenvalue weighted by Crippen LogP contribution is 2.11. The summed E-state index contributed by atoms with van der Waals surface area (Å²) in [7, 11) is 1.57. The first-order valence-corrected chi connectivity index (χ1v) is 6.89. The smallest absolute Gasteiger partial charge is 0.309 e. The zero-order valence-corrected chi connectivity index (χ0v) is 12.3. The van der Waals surface area contributed by atoms with Crippen molar-refractivity contribution in [2.45, 2.75) is 13.0 Å². The Labute approximate surface area is 128 Å². The Bertz CT molecular complexity index is 623. The van der Waals surface area contributed by atoms with E-state index < -0.39 is 11.8 Å². The van der Waals surface area contributed by atoms with Crippen LogP contribution in [0.2, 0.25) is 0 Å². The standard InChI is InChI=1S/C16H18N2O4/c1-21-14-4-2-3-13(9-14)10-18-16(20)15(19)17-7-5-12-6-8-22-11-12/h2-4,6,8-9,11H,5,7,10H2,1H3,(H,17,19)(H,18,20). The summed E-state index contributed by atoms with van der Waals surface area (Å²) < 4.78 is 10.0. The second kappa shape index (κ2) is 7.87. The molecule has 0 saturated heterocycles. The number of benzene rings is 1. The van der Waals surface area contributed by atoms with E-state index in [1.54, 1.807) is 25.7 Å². The van der Waals surface area contributed by atoms with Crippen LogP contribution in [-0.2, 0) is 22.6 Å². The van der Waals surface area contributed by atoms with Gasteiger partial charge >= 0.3 is 11.8 Å². The van der Waals surface area contributed by atoms with Crippen molar-refractivity contribution >= 4 is 11.8 Å². The molecule has 0 spiro atoms. The fraction of sp³-hybridized carbons (Fsp3) is 0.250. The van der Waals surface area contributed by atoms with E-state index in [4.69, 9.17) is 9.15 Å². The molecule has 2 amide bonds. The van der Waals surface area contributed by atoms with Crippen molar-refractivity contribution in [2.24, 2.45) is 0 Å². The van der Waals surface area contributed by atoms with Gasteiger partial charge in [0.05, 0.1) is 19.6 Å². The van der Waals surface area contributed by atoms with E-state index in [0.717, 1.165) is 11.1 Å². The minimum Gasteiger partial charge on any atom is -0.497 e. The number of amides is 2. The Balaban J connectivity index is 1.72. The van der Waals surface area contributed by atoms with E-state index in [0.29, 0.717) is 18.7 Å². The van der Waals surface area contributed by atoms with Gasteiger partial charge in [0.15, 0.2) is 0 Å². The van der Waals surface area contributed by atoms with Gasteiger partial charge in [0.2, 0.25) is 0 Å². The average Bonchev–Trinajstić information content (AvgIpc) is 3.06. The maximum Gasteiger partial charge on any atom is 0.309 e. The SMILES string of the molecule is COc1cccc(CNC(=O)C(=O)NCCc2ccoc2)c1. The van der Waals surface area contributed by atoms with Gasteiger partial charge in [-0.1, -0.05) is 12.1 Å². The molecular weight excluding hydrogens is 284 g/mol. The molecule has 2 rings (SSSR count). The molecule has 0 aliphatic carbocycles. The third kappa shape index (κ3) is 4.66. The van der Waals surface area contributed by atoms with Crippen LogP contribution in [-0.4, -0.2) is 25.5 Å². The zero-order chi connectivity index (χ0) is 15.8. The summed E-state index contributed by atoms with van der Waals surface area (Å²) in [5.41, 5.74) is 1.83. The summed E-state index contributed by atoms with van der Waals surface area (Å²) >= 11 is 0. The Morgan fingerprint density at radius 1 is 1.14 bits per heavy atom. The van der Waals surface area contributed by atoms with Crippen molar-refractivity contribution in [3.63, 3.8) is 0 Å². The monoisotopic (exact) mass is 302 g/mol. The van der Waals surface area contributed by atoms with Crippen molar-refractivity contribution in [1.82, 2.24) is 10.6 Å². The van der Waals surface area contributed by atoms with Crippen LogP contribution in [0.1, 0.15) is 11.1 Å². The molecule has 2 N–H and O–H groups in total. The summed E-state index contributed by atoms with van der Waals surface area (Å²) in [6.45, 7) is 0.649. The van der Waals surface area contributed by atoms with Crippen molar-refractivity contribution in [1.29, 1.82) is 0 Å². The van der Waals surface area contributed by atoms with Gasteiger partial charge in [0, 0.05) is 13.1 Å². The van der Waals surface area contributed by atoms with Gasteiger partial charge in [-0.15, -0.1) is 0 Å². The largest absolute Gasteiger partial charge is 0.497 e. The number of carbonyl (C=O) groups is 2. The lowest BCUT2D eigenvalue weighted by atomic mass is 10.2. The van der Waals surface area contributed by atoms with Gasteiger partial charge in [-0.3, -0.25) is 9.59 Å². The number of rotatable bonds is 6. The predicted molar refractivity (Wildman–Crippen MR) is 80.3 cm³/mol. The van der Waals surface area contributed by atoms with Crippen LogP contribution in [0.15, 0.2) is 47.3 Å². The summed E-state index contributed by atoms with van der Waals surface area (Å²) in [6, 6.07) is 9.10. The molecule has 1 heterocycles. The highest BCUT2D eigenvalue weighted by Gasteiger charge is 2.12. The van der Waals surface area contributed by atoms with Gasteiger partial charge < -0.3 is 19.8 Å². The number of nitrogens with one attached hydrogen (secondary N) is 2. The molecular formula is C16H18N2O4. The maximum absolute atomic E-state index is 11.7. The summed E-state index contributed by atoms with van der Waals surface area (Å²) in [4.78, 5) is 23.3. The normalized spacial score (nSPS) is 10.0. The summed E-state index contributed by atoms with van der Waals surface area (Å²) in [5.74, 6) is -0.599. The molecule has 0 aliphatic heterocycles. The fourth-order valence-corrected chi connectivity index (χ4v) is 1.88. The van der Waals surface area contributed by atoms with Crippen molar-refractivity contribution in [2.75, 3.05) is 13.7 Å². The quantitative estimate of drug-likeness (QED) is 0.787. The second-order valence-corrected chi connectivity index (χ2v) is 4.67. The molecule has 0 bridgehead atoms. The van der Waals surface area contributed by atoms with Crippen LogP contribution in [0.4, 0.5) is 0 Å². The Hall–Kier alpha value is -2.76. The second-order valence-electron chi connectivity index (χ2n) is 4.67. The average molecular weight is 302 g/mol. The number of methoxy groups -OCH3 is 1. The molecule has 0 unspecified atom stereocenters. The van der Waals surface area contributed by atoms with Gasteiger partial charge in [-0.05, 0) is 35.7 Å². The molecule has 0 atom stereocenters. The van der Waals surface area contributed by atoms with Gasteiger partial charge in [0.25, 0.3) is 0 Å². The Morgan fingerprint density at radius 3 is 2.68 bits per heavy atom. The molecule has 116 valence electrons. The number of hydrogen-bond acceptors (Lipinski definition) is 4. The van der Waals surface area contributed by atoms with E-state index in [2.05, 4.69) is 10.6 Å². The van der Waals surface area contributed by atoms with Crippen LogP contribution >= 0.6 is 0 Å². The first kappa shape index (κ1) is 15.6. The highest BCUT2D eigenvalue weighted by molar-refractivity contribution is 6.35. The van der Waals surface area contributed by atoms with E-state index >= 15 is 0 Å². The number of hydrogen-bond donors (Lipinski definition) is 2. The van der Waals surface area contributed by atoms with Crippen molar-refractivity contribution in [3.05, 3.63) is 54.0 Å². The lowest BCUT2D eigenvalue weighted by Gasteiger charge is -2.07. The molecule has 1 aromatic carbocycles. The lowest BCUT2D eigenvalue weighted by molar-refractivity contribution is -0.139. The van der Waals surface area contributed by atoms with Gasteiger partial charge in [-0.25, -0.2) is 0 Å². The Morgan fingerprint density at radius 2 is 1.95 bits per heavy atom. The van der Waals surface area contributed by atoms with Gasteiger partial charge in [-0.2, -0.15) is 0 Å². The van der Waals surface area contributed by atoms with Gasteiger partial charge in [0.1, 0.15) is 5.75 Å². The molecule has 0 aliphatic rings. The number of furan rings is 1. The molecule has 6 nitrogen and oxygen atoms in total. The molecule has 0 fully saturated rings. The summed E-state index contributed by atoms with van der Waals surface area (Å²) in [5, 5.41) is 5.13. The topological polar surface area (TPSA) is 80.6 Å².